The Hall–Kier alpha value is -1.03. The molecule has 0 aliphatic heterocycles. The third-order valence-electron chi connectivity index (χ3n) is 2.13. The van der Waals surface area contributed by atoms with Crippen LogP contribution in [0.2, 0.25) is 0 Å². The van der Waals surface area contributed by atoms with E-state index >= 15 is 0 Å². The van der Waals surface area contributed by atoms with Crippen LogP contribution in [0.15, 0.2) is 6.20 Å². The number of rotatable bonds is 7. The Bertz CT molecular complexity index is 512. The van der Waals surface area contributed by atoms with E-state index in [1.165, 1.54) is 18.4 Å². The topological polar surface area (TPSA) is 99.6 Å². The minimum Gasteiger partial charge on any atom is -0.481 e. The summed E-state index contributed by atoms with van der Waals surface area (Å²) in [5, 5.41) is 9.16. The van der Waals surface area contributed by atoms with Gasteiger partial charge in [0.25, 0.3) is 10.2 Å². The quantitative estimate of drug-likeness (QED) is 0.747. The van der Waals surface area contributed by atoms with Gasteiger partial charge in [-0.25, -0.2) is 4.98 Å². The van der Waals surface area contributed by atoms with E-state index in [-0.39, 0.29) is 19.5 Å². The summed E-state index contributed by atoms with van der Waals surface area (Å²) >= 11 is 1.41. The summed E-state index contributed by atoms with van der Waals surface area (Å²) < 4.78 is 26.8. The number of aliphatic carboxylic acids is 1. The first-order chi connectivity index (χ1) is 8.31. The number of nitrogens with zero attached hydrogens (tertiary/aromatic N) is 2. The highest BCUT2D eigenvalue weighted by Gasteiger charge is 2.18. The molecule has 0 radical (unpaired) electrons. The van der Waals surface area contributed by atoms with E-state index in [1.807, 2.05) is 6.92 Å². The number of hydrogen-bond acceptors (Lipinski definition) is 5. The molecule has 0 fully saturated rings. The molecule has 2 N–H and O–H groups in total. The Kier molecular flexibility index (Phi) is 5.20. The second-order valence-corrected chi connectivity index (χ2v) is 6.84. The molecular weight excluding hydrogens is 278 g/mol. The second-order valence-electron chi connectivity index (χ2n) is 3.66. The molecule has 7 nitrogen and oxygen atoms in total. The van der Waals surface area contributed by atoms with Gasteiger partial charge >= 0.3 is 5.97 Å². The zero-order chi connectivity index (χ0) is 13.8. The lowest BCUT2D eigenvalue weighted by molar-refractivity contribution is -0.137. The Morgan fingerprint density at radius 3 is 2.78 bits per heavy atom. The summed E-state index contributed by atoms with van der Waals surface area (Å²) in [6.07, 6.45) is 1.44. The highest BCUT2D eigenvalue weighted by atomic mass is 32.2. The Morgan fingerprint density at radius 2 is 2.28 bits per heavy atom. The van der Waals surface area contributed by atoms with Crippen molar-refractivity contribution in [3.8, 4) is 0 Å². The van der Waals surface area contributed by atoms with Crippen LogP contribution in [-0.4, -0.2) is 42.4 Å². The maximum Gasteiger partial charge on any atom is 0.304 e. The molecule has 0 aromatic carbocycles. The fourth-order valence-electron chi connectivity index (χ4n) is 1.12. The molecule has 0 aliphatic rings. The van der Waals surface area contributed by atoms with E-state index in [4.69, 9.17) is 5.11 Å². The molecule has 1 aromatic heterocycles. The van der Waals surface area contributed by atoms with Crippen LogP contribution in [0, 0.1) is 6.92 Å². The van der Waals surface area contributed by atoms with Crippen molar-refractivity contribution in [2.75, 3.05) is 13.6 Å². The Morgan fingerprint density at radius 1 is 1.61 bits per heavy atom. The number of aromatic nitrogens is 1. The van der Waals surface area contributed by atoms with Crippen LogP contribution in [-0.2, 0) is 21.5 Å². The molecule has 0 unspecified atom stereocenters. The molecule has 1 aromatic rings. The molecule has 18 heavy (non-hydrogen) atoms. The number of carbonyl (C=O) groups is 1. The van der Waals surface area contributed by atoms with Gasteiger partial charge in [-0.3, -0.25) is 4.79 Å². The summed E-state index contributed by atoms with van der Waals surface area (Å²) in [6, 6.07) is 0. The lowest BCUT2D eigenvalue weighted by Crippen LogP contribution is -2.38. The maximum absolute atomic E-state index is 11.7. The maximum atomic E-state index is 11.7. The number of aryl methyl sites for hydroxylation is 1. The molecule has 0 saturated carbocycles. The zero-order valence-electron chi connectivity index (χ0n) is 10.1. The SMILES string of the molecule is Cc1cnc(CNS(=O)(=O)N(C)CCC(=O)O)s1. The van der Waals surface area contributed by atoms with E-state index in [2.05, 4.69) is 9.71 Å². The lowest BCUT2D eigenvalue weighted by atomic mass is 10.4. The van der Waals surface area contributed by atoms with E-state index in [1.54, 1.807) is 6.20 Å². The Balaban J connectivity index is 2.51. The molecule has 0 atom stereocenters. The second kappa shape index (κ2) is 6.23. The molecule has 0 aliphatic carbocycles. The van der Waals surface area contributed by atoms with Gasteiger partial charge in [-0.15, -0.1) is 11.3 Å². The minimum absolute atomic E-state index is 0.0679. The average molecular weight is 293 g/mol. The number of nitrogens with one attached hydrogen (secondary N) is 1. The number of carboxylic acids is 1. The van der Waals surface area contributed by atoms with Crippen LogP contribution < -0.4 is 4.72 Å². The normalized spacial score (nSPS) is 11.9. The molecular formula is C9H15N3O4S2. The van der Waals surface area contributed by atoms with Crippen molar-refractivity contribution in [1.29, 1.82) is 0 Å². The number of hydrogen-bond donors (Lipinski definition) is 2. The van der Waals surface area contributed by atoms with Gasteiger partial charge in [-0.2, -0.15) is 17.4 Å². The summed E-state index contributed by atoms with van der Waals surface area (Å²) in [5.74, 6) is -1.03. The molecule has 0 bridgehead atoms. The summed E-state index contributed by atoms with van der Waals surface area (Å²) in [6.45, 7) is 1.93. The van der Waals surface area contributed by atoms with Gasteiger partial charge in [0, 0.05) is 24.7 Å². The minimum atomic E-state index is -3.66. The number of thiazole rings is 1. The predicted molar refractivity (Wildman–Crippen MR) is 67.5 cm³/mol. The average Bonchev–Trinajstić information content (AvgIpc) is 2.69. The summed E-state index contributed by atoms with van der Waals surface area (Å²) in [5.41, 5.74) is 0. The van der Waals surface area contributed by atoms with Gasteiger partial charge in [0.1, 0.15) is 5.01 Å². The van der Waals surface area contributed by atoms with Crippen molar-refractivity contribution in [2.45, 2.75) is 19.9 Å². The van der Waals surface area contributed by atoms with Gasteiger partial charge in [-0.05, 0) is 6.92 Å². The highest BCUT2D eigenvalue weighted by Crippen LogP contribution is 2.11. The van der Waals surface area contributed by atoms with Crippen LogP contribution in [0.1, 0.15) is 16.3 Å². The predicted octanol–water partition coefficient (Wildman–Crippen LogP) is 0.192. The molecule has 0 spiro atoms. The standard InChI is InChI=1S/C9H15N3O4S2/c1-7-5-10-8(17-7)6-11-18(15,16)12(2)4-3-9(13)14/h5,11H,3-4,6H2,1-2H3,(H,13,14). The van der Waals surface area contributed by atoms with Gasteiger partial charge in [0.15, 0.2) is 0 Å². The van der Waals surface area contributed by atoms with Crippen molar-refractivity contribution in [3.05, 3.63) is 16.1 Å². The molecule has 102 valence electrons. The number of carboxylic acid groups (broad SMARTS) is 1. The monoisotopic (exact) mass is 293 g/mol. The van der Waals surface area contributed by atoms with Gasteiger partial charge in [0.05, 0.1) is 13.0 Å². The van der Waals surface area contributed by atoms with Crippen LogP contribution in [0.4, 0.5) is 0 Å². The van der Waals surface area contributed by atoms with E-state index in [9.17, 15) is 13.2 Å². The summed E-state index contributed by atoms with van der Waals surface area (Å²) in [7, 11) is -2.33. The highest BCUT2D eigenvalue weighted by molar-refractivity contribution is 7.87. The van der Waals surface area contributed by atoms with Crippen LogP contribution in [0.3, 0.4) is 0 Å². The first-order valence-corrected chi connectivity index (χ1v) is 7.41. The van der Waals surface area contributed by atoms with Crippen LogP contribution >= 0.6 is 11.3 Å². The molecule has 0 amide bonds. The molecule has 9 heteroatoms. The third kappa shape index (κ3) is 4.69. The zero-order valence-corrected chi connectivity index (χ0v) is 11.7. The van der Waals surface area contributed by atoms with Crippen molar-refractivity contribution in [2.24, 2.45) is 0 Å². The van der Waals surface area contributed by atoms with E-state index in [0.29, 0.717) is 5.01 Å². The van der Waals surface area contributed by atoms with Crippen molar-refractivity contribution in [3.63, 3.8) is 0 Å². The lowest BCUT2D eigenvalue weighted by Gasteiger charge is -2.16. The fourth-order valence-corrected chi connectivity index (χ4v) is 2.81. The largest absolute Gasteiger partial charge is 0.481 e. The fraction of sp³-hybridized carbons (Fsp3) is 0.556. The van der Waals surface area contributed by atoms with E-state index in [0.717, 1.165) is 9.18 Å². The van der Waals surface area contributed by atoms with Gasteiger partial charge in [0.2, 0.25) is 0 Å². The van der Waals surface area contributed by atoms with Crippen molar-refractivity contribution < 1.29 is 18.3 Å². The molecule has 1 rings (SSSR count). The van der Waals surface area contributed by atoms with Crippen LogP contribution in [0.5, 0.6) is 0 Å². The first kappa shape index (κ1) is 15.0. The van der Waals surface area contributed by atoms with Crippen molar-refractivity contribution >= 4 is 27.5 Å². The summed E-state index contributed by atoms with van der Waals surface area (Å²) in [4.78, 5) is 15.4. The van der Waals surface area contributed by atoms with Gasteiger partial charge in [-0.1, -0.05) is 0 Å². The van der Waals surface area contributed by atoms with E-state index < -0.39 is 16.2 Å². The Labute approximate surface area is 110 Å². The molecule has 0 saturated heterocycles. The first-order valence-electron chi connectivity index (χ1n) is 5.15. The third-order valence-corrected chi connectivity index (χ3v) is 4.55. The van der Waals surface area contributed by atoms with Crippen molar-refractivity contribution in [1.82, 2.24) is 14.0 Å². The van der Waals surface area contributed by atoms with Gasteiger partial charge < -0.3 is 5.11 Å². The smallest absolute Gasteiger partial charge is 0.304 e. The molecule has 1 heterocycles. The van der Waals surface area contributed by atoms with Crippen LogP contribution in [0.25, 0.3) is 0 Å².